The van der Waals surface area contributed by atoms with Crippen LogP contribution in [0.25, 0.3) is 0 Å². The monoisotopic (exact) mass is 530 g/mol. The summed E-state index contributed by atoms with van der Waals surface area (Å²) in [6.45, 7) is 0. The zero-order valence-electron chi connectivity index (χ0n) is 22.0. The Kier molecular flexibility index (Phi) is 6.58. The van der Waals surface area contributed by atoms with E-state index in [-0.39, 0.29) is 0 Å². The Morgan fingerprint density at radius 2 is 0.975 bits per heavy atom. The maximum Gasteiger partial charge on any atom is 0.340 e. The number of benzene rings is 5. The lowest BCUT2D eigenvalue weighted by Crippen LogP contribution is -2.29. The van der Waals surface area contributed by atoms with E-state index < -0.39 is 11.6 Å². The zero-order valence-corrected chi connectivity index (χ0v) is 22.0. The molecule has 0 fully saturated rings. The van der Waals surface area contributed by atoms with Crippen LogP contribution in [0.5, 0.6) is 34.5 Å². The first-order valence-corrected chi connectivity index (χ1v) is 12.8. The van der Waals surface area contributed by atoms with Crippen molar-refractivity contribution in [3.63, 3.8) is 0 Å². The van der Waals surface area contributed by atoms with Crippen molar-refractivity contribution < 1.29 is 28.5 Å². The molecule has 6 rings (SSSR count). The van der Waals surface area contributed by atoms with Gasteiger partial charge in [-0.05, 0) is 78.9 Å². The highest BCUT2D eigenvalue weighted by atomic mass is 16.6. The summed E-state index contributed by atoms with van der Waals surface area (Å²) >= 11 is 0. The number of ether oxygens (including phenoxy) is 5. The van der Waals surface area contributed by atoms with Crippen molar-refractivity contribution in [2.75, 3.05) is 14.2 Å². The minimum atomic E-state index is -1.14. The molecule has 40 heavy (non-hydrogen) atoms. The lowest BCUT2D eigenvalue weighted by molar-refractivity contribution is 0.0251. The third-order valence-electron chi connectivity index (χ3n) is 6.87. The van der Waals surface area contributed by atoms with E-state index in [1.807, 2.05) is 115 Å². The molecule has 0 saturated heterocycles. The van der Waals surface area contributed by atoms with Gasteiger partial charge in [0.15, 0.2) is 5.60 Å². The molecule has 0 spiro atoms. The number of hydrogen-bond donors (Lipinski definition) is 0. The summed E-state index contributed by atoms with van der Waals surface area (Å²) in [6, 6.07) is 37.4. The van der Waals surface area contributed by atoms with Crippen LogP contribution in [0.4, 0.5) is 0 Å². The third kappa shape index (κ3) is 4.60. The molecule has 0 N–H and O–H groups in total. The fourth-order valence-corrected chi connectivity index (χ4v) is 4.90. The number of carbonyl (C=O) groups is 1. The first kappa shape index (κ1) is 25.1. The average Bonchev–Trinajstić information content (AvgIpc) is 3.31. The molecule has 0 atom stereocenters. The Bertz CT molecular complexity index is 1580. The van der Waals surface area contributed by atoms with E-state index in [9.17, 15) is 4.79 Å². The molecule has 1 heterocycles. The van der Waals surface area contributed by atoms with Gasteiger partial charge in [-0.1, -0.05) is 42.5 Å². The Morgan fingerprint density at radius 1 is 0.525 bits per heavy atom. The summed E-state index contributed by atoms with van der Waals surface area (Å²) < 4.78 is 28.9. The number of para-hydroxylation sites is 1. The van der Waals surface area contributed by atoms with E-state index in [1.165, 1.54) is 0 Å². The molecule has 0 aromatic heterocycles. The number of carbonyl (C=O) groups excluding carboxylic acids is 1. The molecule has 6 heteroatoms. The summed E-state index contributed by atoms with van der Waals surface area (Å²) in [5, 5.41) is 0. The highest BCUT2D eigenvalue weighted by molar-refractivity contribution is 5.97. The van der Waals surface area contributed by atoms with E-state index in [2.05, 4.69) is 0 Å². The van der Waals surface area contributed by atoms with Crippen molar-refractivity contribution in [2.24, 2.45) is 0 Å². The molecule has 5 aromatic rings. The number of esters is 1. The van der Waals surface area contributed by atoms with Crippen molar-refractivity contribution >= 4 is 5.97 Å². The van der Waals surface area contributed by atoms with Gasteiger partial charge in [0, 0.05) is 16.7 Å². The average molecular weight is 531 g/mol. The maximum absolute atomic E-state index is 13.4. The standard InChI is InChI=1S/C34H26O6/c1-36-25-12-8-23(9-13-25)34(24-10-14-26(37-2)15-11-24)32-21-20-30(22-31(32)33(35)40-34)39-29-18-16-28(17-19-29)38-27-6-4-3-5-7-27/h3-22H,1-2H3. The van der Waals surface area contributed by atoms with E-state index in [0.29, 0.717) is 34.3 Å². The molecule has 5 aromatic carbocycles. The number of methoxy groups -OCH3 is 2. The smallest absolute Gasteiger partial charge is 0.340 e. The Morgan fingerprint density at radius 3 is 1.50 bits per heavy atom. The Labute approximate surface area is 232 Å². The Hall–Kier alpha value is -5.23. The molecule has 1 aliphatic heterocycles. The van der Waals surface area contributed by atoms with Gasteiger partial charge in [-0.2, -0.15) is 0 Å². The van der Waals surface area contributed by atoms with Crippen LogP contribution in [0, 0.1) is 0 Å². The highest BCUT2D eigenvalue weighted by Gasteiger charge is 2.48. The number of cyclic esters (lactones) is 1. The van der Waals surface area contributed by atoms with Gasteiger partial charge in [-0.25, -0.2) is 4.79 Å². The minimum Gasteiger partial charge on any atom is -0.497 e. The SMILES string of the molecule is COc1ccc(C2(c3ccc(OC)cc3)OC(=O)c3cc(Oc4ccc(Oc5ccccc5)cc4)ccc32)cc1. The van der Waals surface area contributed by atoms with Crippen LogP contribution >= 0.6 is 0 Å². The molecule has 198 valence electrons. The summed E-state index contributed by atoms with van der Waals surface area (Å²) in [4.78, 5) is 13.4. The number of rotatable bonds is 8. The van der Waals surface area contributed by atoms with Gasteiger partial charge in [0.1, 0.15) is 34.5 Å². The van der Waals surface area contributed by atoms with Gasteiger partial charge in [0.25, 0.3) is 0 Å². The van der Waals surface area contributed by atoms with Gasteiger partial charge in [-0.15, -0.1) is 0 Å². The quantitative estimate of drug-likeness (QED) is 0.191. The third-order valence-corrected chi connectivity index (χ3v) is 6.87. The molecule has 0 saturated carbocycles. The van der Waals surface area contributed by atoms with Crippen molar-refractivity contribution in [2.45, 2.75) is 5.60 Å². The van der Waals surface area contributed by atoms with E-state index in [4.69, 9.17) is 23.7 Å². The molecular weight excluding hydrogens is 504 g/mol. The fourth-order valence-electron chi connectivity index (χ4n) is 4.90. The largest absolute Gasteiger partial charge is 0.497 e. The van der Waals surface area contributed by atoms with E-state index in [1.54, 1.807) is 20.3 Å². The highest BCUT2D eigenvalue weighted by Crippen LogP contribution is 2.48. The van der Waals surface area contributed by atoms with Crippen molar-refractivity contribution in [3.8, 4) is 34.5 Å². The Balaban J connectivity index is 1.33. The first-order valence-electron chi connectivity index (χ1n) is 12.8. The first-order chi connectivity index (χ1) is 19.6. The van der Waals surface area contributed by atoms with Crippen molar-refractivity contribution in [1.29, 1.82) is 0 Å². The van der Waals surface area contributed by atoms with Gasteiger partial charge in [-0.3, -0.25) is 0 Å². The second-order valence-electron chi connectivity index (χ2n) is 9.22. The van der Waals surface area contributed by atoms with Crippen LogP contribution in [0.3, 0.4) is 0 Å². The van der Waals surface area contributed by atoms with Crippen LogP contribution in [0.15, 0.2) is 121 Å². The molecule has 0 bridgehead atoms. The lowest BCUT2D eigenvalue weighted by Gasteiger charge is -2.30. The van der Waals surface area contributed by atoms with Crippen LogP contribution in [-0.4, -0.2) is 20.2 Å². The van der Waals surface area contributed by atoms with E-state index >= 15 is 0 Å². The fraction of sp³-hybridized carbons (Fsp3) is 0.0882. The van der Waals surface area contributed by atoms with E-state index in [0.717, 1.165) is 22.4 Å². The molecule has 1 aliphatic rings. The molecule has 0 unspecified atom stereocenters. The van der Waals surface area contributed by atoms with Crippen LogP contribution in [0.2, 0.25) is 0 Å². The van der Waals surface area contributed by atoms with Crippen LogP contribution < -0.4 is 18.9 Å². The minimum absolute atomic E-state index is 0.432. The van der Waals surface area contributed by atoms with Gasteiger partial charge >= 0.3 is 5.97 Å². The van der Waals surface area contributed by atoms with Gasteiger partial charge in [0.05, 0.1) is 19.8 Å². The molecule has 0 radical (unpaired) electrons. The number of hydrogen-bond acceptors (Lipinski definition) is 6. The molecule has 0 aliphatic carbocycles. The lowest BCUT2D eigenvalue weighted by atomic mass is 9.80. The second-order valence-corrected chi connectivity index (χ2v) is 9.22. The summed E-state index contributed by atoms with van der Waals surface area (Å²) in [5.74, 6) is 3.57. The van der Waals surface area contributed by atoms with Crippen molar-refractivity contribution in [3.05, 3.63) is 144 Å². The normalized spacial score (nSPS) is 13.2. The molecule has 0 amide bonds. The predicted octanol–water partition coefficient (Wildman–Crippen LogP) is 7.75. The van der Waals surface area contributed by atoms with Gasteiger partial charge in [0.2, 0.25) is 0 Å². The topological polar surface area (TPSA) is 63.2 Å². The van der Waals surface area contributed by atoms with Gasteiger partial charge < -0.3 is 23.7 Å². The maximum atomic E-state index is 13.4. The summed E-state index contributed by atoms with van der Waals surface area (Å²) in [6.07, 6.45) is 0. The molecule has 6 nitrogen and oxygen atoms in total. The van der Waals surface area contributed by atoms with Crippen LogP contribution in [0.1, 0.15) is 27.0 Å². The van der Waals surface area contributed by atoms with Crippen molar-refractivity contribution in [1.82, 2.24) is 0 Å². The van der Waals surface area contributed by atoms with Crippen LogP contribution in [-0.2, 0) is 10.3 Å². The second kappa shape index (κ2) is 10.5. The predicted molar refractivity (Wildman–Crippen MR) is 151 cm³/mol. The number of fused-ring (bicyclic) bond motifs is 1. The molecular formula is C34H26O6. The zero-order chi connectivity index (χ0) is 27.5. The summed E-state index contributed by atoms with van der Waals surface area (Å²) in [7, 11) is 3.23. The summed E-state index contributed by atoms with van der Waals surface area (Å²) in [5.41, 5.74) is 1.63.